The molecule has 0 saturated heterocycles. The van der Waals surface area contributed by atoms with Gasteiger partial charge in [0, 0.05) is 17.5 Å². The first kappa shape index (κ1) is 9.16. The predicted molar refractivity (Wildman–Crippen MR) is 47.6 cm³/mol. The number of aliphatic hydroxyl groups is 1. The van der Waals surface area contributed by atoms with E-state index in [0.717, 1.165) is 11.3 Å². The average molecular weight is 166 g/mol. The van der Waals surface area contributed by atoms with Crippen LogP contribution >= 0.6 is 0 Å². The molecule has 3 nitrogen and oxygen atoms in total. The third-order valence-electron chi connectivity index (χ3n) is 1.85. The Morgan fingerprint density at radius 1 is 1.67 bits per heavy atom. The Morgan fingerprint density at radius 2 is 2.42 bits per heavy atom. The molecule has 1 heterocycles. The number of aromatic nitrogens is 1. The quantitative estimate of drug-likeness (QED) is 0.697. The van der Waals surface area contributed by atoms with Gasteiger partial charge in [-0.3, -0.25) is 4.98 Å². The molecule has 3 N–H and O–H groups in total. The van der Waals surface area contributed by atoms with E-state index in [1.54, 1.807) is 6.20 Å². The van der Waals surface area contributed by atoms with Gasteiger partial charge in [-0.2, -0.15) is 0 Å². The second-order valence-corrected chi connectivity index (χ2v) is 2.77. The number of hydrogen-bond donors (Lipinski definition) is 2. The summed E-state index contributed by atoms with van der Waals surface area (Å²) in [6.45, 7) is 2.38. The summed E-state index contributed by atoms with van der Waals surface area (Å²) in [5, 5.41) is 9.58. The lowest BCUT2D eigenvalue weighted by Crippen LogP contribution is -2.08. The van der Waals surface area contributed by atoms with Crippen molar-refractivity contribution in [2.24, 2.45) is 5.73 Å². The van der Waals surface area contributed by atoms with Crippen molar-refractivity contribution in [3.05, 3.63) is 29.6 Å². The first-order chi connectivity index (χ1) is 5.75. The van der Waals surface area contributed by atoms with Crippen molar-refractivity contribution in [1.82, 2.24) is 4.98 Å². The Labute approximate surface area is 72.2 Å². The Balaban J connectivity index is 2.79. The normalized spacial score (nSPS) is 12.9. The van der Waals surface area contributed by atoms with Crippen LogP contribution in [0.25, 0.3) is 0 Å². The summed E-state index contributed by atoms with van der Waals surface area (Å²) in [5.74, 6) is 0. The van der Waals surface area contributed by atoms with Crippen molar-refractivity contribution in [1.29, 1.82) is 0 Å². The second kappa shape index (κ2) is 4.18. The van der Waals surface area contributed by atoms with Crippen molar-refractivity contribution in [3.8, 4) is 0 Å². The molecule has 0 aliphatic heterocycles. The van der Waals surface area contributed by atoms with Crippen molar-refractivity contribution in [3.63, 3.8) is 0 Å². The standard InChI is InChI=1S/C9H14N2O/c1-7-8(3-2-6-11-7)9(12)4-5-10/h2-3,6,9,12H,4-5,10H2,1H3. The molecule has 0 spiro atoms. The minimum absolute atomic E-state index is 0.469. The fraction of sp³-hybridized carbons (Fsp3) is 0.444. The third kappa shape index (κ3) is 2.03. The van der Waals surface area contributed by atoms with Crippen molar-refractivity contribution >= 4 is 0 Å². The zero-order chi connectivity index (χ0) is 8.97. The number of aliphatic hydroxyl groups excluding tert-OH is 1. The highest BCUT2D eigenvalue weighted by molar-refractivity contribution is 5.20. The summed E-state index contributed by atoms with van der Waals surface area (Å²) in [7, 11) is 0. The van der Waals surface area contributed by atoms with Crippen LogP contribution in [0.2, 0.25) is 0 Å². The molecule has 0 amide bonds. The zero-order valence-corrected chi connectivity index (χ0v) is 7.20. The van der Waals surface area contributed by atoms with E-state index in [9.17, 15) is 5.11 Å². The summed E-state index contributed by atoms with van der Waals surface area (Å²) in [6.07, 6.45) is 1.84. The highest BCUT2D eigenvalue weighted by Crippen LogP contribution is 2.17. The maximum Gasteiger partial charge on any atom is 0.0819 e. The number of aryl methyl sites for hydroxylation is 1. The van der Waals surface area contributed by atoms with Gasteiger partial charge in [-0.05, 0) is 26.0 Å². The van der Waals surface area contributed by atoms with E-state index in [2.05, 4.69) is 4.98 Å². The molecule has 66 valence electrons. The van der Waals surface area contributed by atoms with Gasteiger partial charge in [-0.25, -0.2) is 0 Å². The molecular formula is C9H14N2O. The van der Waals surface area contributed by atoms with Crippen molar-refractivity contribution < 1.29 is 5.11 Å². The van der Waals surface area contributed by atoms with E-state index in [0.29, 0.717) is 13.0 Å². The first-order valence-electron chi connectivity index (χ1n) is 4.05. The van der Waals surface area contributed by atoms with E-state index in [1.165, 1.54) is 0 Å². The number of nitrogens with two attached hydrogens (primary N) is 1. The van der Waals surface area contributed by atoms with Gasteiger partial charge < -0.3 is 10.8 Å². The van der Waals surface area contributed by atoms with E-state index >= 15 is 0 Å². The Hall–Kier alpha value is -0.930. The van der Waals surface area contributed by atoms with Crippen LogP contribution in [0.1, 0.15) is 23.8 Å². The lowest BCUT2D eigenvalue weighted by molar-refractivity contribution is 0.169. The van der Waals surface area contributed by atoms with Crippen LogP contribution in [0.4, 0.5) is 0 Å². The fourth-order valence-electron chi connectivity index (χ4n) is 1.16. The lowest BCUT2D eigenvalue weighted by Gasteiger charge is -2.10. The molecule has 1 aromatic rings. The Kier molecular flexibility index (Phi) is 3.19. The van der Waals surface area contributed by atoms with Crippen LogP contribution in [0.15, 0.2) is 18.3 Å². The third-order valence-corrected chi connectivity index (χ3v) is 1.85. The van der Waals surface area contributed by atoms with Gasteiger partial charge in [-0.15, -0.1) is 0 Å². The van der Waals surface area contributed by atoms with Crippen LogP contribution in [0, 0.1) is 6.92 Å². The molecule has 1 aromatic heterocycles. The molecule has 1 atom stereocenters. The Bertz CT molecular complexity index is 250. The number of hydrogen-bond acceptors (Lipinski definition) is 3. The molecule has 0 aliphatic rings. The molecule has 0 aliphatic carbocycles. The first-order valence-corrected chi connectivity index (χ1v) is 4.05. The van der Waals surface area contributed by atoms with Crippen LogP contribution in [0.5, 0.6) is 0 Å². The van der Waals surface area contributed by atoms with Crippen LogP contribution in [-0.2, 0) is 0 Å². The smallest absolute Gasteiger partial charge is 0.0819 e. The molecule has 0 bridgehead atoms. The highest BCUT2D eigenvalue weighted by Gasteiger charge is 2.08. The van der Waals surface area contributed by atoms with E-state index in [4.69, 9.17) is 5.73 Å². The number of pyridine rings is 1. The van der Waals surface area contributed by atoms with Gasteiger partial charge in [-0.1, -0.05) is 6.07 Å². The topological polar surface area (TPSA) is 59.1 Å². The lowest BCUT2D eigenvalue weighted by atomic mass is 10.1. The van der Waals surface area contributed by atoms with Crippen molar-refractivity contribution in [2.45, 2.75) is 19.4 Å². The van der Waals surface area contributed by atoms with Gasteiger partial charge in [0.2, 0.25) is 0 Å². The number of rotatable bonds is 3. The Morgan fingerprint density at radius 3 is 3.00 bits per heavy atom. The molecular weight excluding hydrogens is 152 g/mol. The maximum absolute atomic E-state index is 9.58. The van der Waals surface area contributed by atoms with Gasteiger partial charge in [0.1, 0.15) is 0 Å². The van der Waals surface area contributed by atoms with Crippen LogP contribution in [-0.4, -0.2) is 16.6 Å². The minimum atomic E-state index is -0.469. The molecule has 12 heavy (non-hydrogen) atoms. The highest BCUT2D eigenvalue weighted by atomic mass is 16.3. The molecule has 3 heteroatoms. The summed E-state index contributed by atoms with van der Waals surface area (Å²) >= 11 is 0. The van der Waals surface area contributed by atoms with Gasteiger partial charge in [0.25, 0.3) is 0 Å². The molecule has 0 radical (unpaired) electrons. The molecule has 0 saturated carbocycles. The fourth-order valence-corrected chi connectivity index (χ4v) is 1.16. The van der Waals surface area contributed by atoms with Gasteiger partial charge in [0.05, 0.1) is 6.10 Å². The summed E-state index contributed by atoms with van der Waals surface area (Å²) in [6, 6.07) is 3.70. The van der Waals surface area contributed by atoms with Crippen molar-refractivity contribution in [2.75, 3.05) is 6.54 Å². The second-order valence-electron chi connectivity index (χ2n) is 2.77. The predicted octanol–water partition coefficient (Wildman–Crippen LogP) is 0.772. The summed E-state index contributed by atoms with van der Waals surface area (Å²) < 4.78 is 0. The molecule has 1 rings (SSSR count). The van der Waals surface area contributed by atoms with E-state index in [1.807, 2.05) is 19.1 Å². The summed E-state index contributed by atoms with van der Waals surface area (Å²) in [5.41, 5.74) is 7.09. The molecule has 0 fully saturated rings. The minimum Gasteiger partial charge on any atom is -0.388 e. The number of nitrogens with zero attached hydrogens (tertiary/aromatic N) is 1. The largest absolute Gasteiger partial charge is 0.388 e. The van der Waals surface area contributed by atoms with Crippen LogP contribution in [0.3, 0.4) is 0 Å². The molecule has 1 unspecified atom stereocenters. The summed E-state index contributed by atoms with van der Waals surface area (Å²) in [4.78, 5) is 4.08. The van der Waals surface area contributed by atoms with Crippen LogP contribution < -0.4 is 5.73 Å². The monoisotopic (exact) mass is 166 g/mol. The maximum atomic E-state index is 9.58. The van der Waals surface area contributed by atoms with Gasteiger partial charge in [0.15, 0.2) is 0 Å². The average Bonchev–Trinajstić information content (AvgIpc) is 2.05. The van der Waals surface area contributed by atoms with Gasteiger partial charge >= 0.3 is 0 Å². The SMILES string of the molecule is Cc1ncccc1C(O)CCN. The van der Waals surface area contributed by atoms with E-state index in [-0.39, 0.29) is 0 Å². The van der Waals surface area contributed by atoms with E-state index < -0.39 is 6.10 Å². The molecule has 0 aromatic carbocycles. The zero-order valence-electron chi connectivity index (χ0n) is 7.20.